The van der Waals surface area contributed by atoms with Crippen LogP contribution < -0.4 is 5.32 Å². The minimum Gasteiger partial charge on any atom is -0.311 e. The Morgan fingerprint density at radius 1 is 1.44 bits per heavy atom. The molecule has 0 bridgehead atoms. The normalized spacial score (nSPS) is 12.6. The summed E-state index contributed by atoms with van der Waals surface area (Å²) in [5, 5.41) is 8.05. The topological polar surface area (TPSA) is 55.6 Å². The van der Waals surface area contributed by atoms with Gasteiger partial charge in [0.25, 0.3) is 0 Å². The average Bonchev–Trinajstić information content (AvgIpc) is 2.84. The van der Waals surface area contributed by atoms with Gasteiger partial charge in [0.15, 0.2) is 0 Å². The molecule has 0 amide bonds. The van der Waals surface area contributed by atoms with E-state index in [2.05, 4.69) is 20.4 Å². The zero-order valence-corrected chi connectivity index (χ0v) is 11.2. The van der Waals surface area contributed by atoms with E-state index in [4.69, 9.17) is 11.6 Å². The number of nitrogens with one attached hydrogen (secondary N) is 1. The van der Waals surface area contributed by atoms with Crippen molar-refractivity contribution >= 4 is 11.6 Å². The van der Waals surface area contributed by atoms with Gasteiger partial charge in [0.1, 0.15) is 12.2 Å². The second-order valence-corrected chi connectivity index (χ2v) is 4.32. The first kappa shape index (κ1) is 13.0. The maximum Gasteiger partial charge on any atom is 0.138 e. The molecule has 0 spiro atoms. The number of rotatable bonds is 5. The van der Waals surface area contributed by atoms with Crippen LogP contribution in [0.2, 0.25) is 5.02 Å². The predicted molar refractivity (Wildman–Crippen MR) is 70.4 cm³/mol. The molecule has 1 N–H and O–H groups in total. The highest BCUT2D eigenvalue weighted by atomic mass is 35.5. The molecular formula is C12H16ClN5. The Bertz CT molecular complexity index is 511. The van der Waals surface area contributed by atoms with Crippen LogP contribution in [-0.4, -0.2) is 26.8 Å². The van der Waals surface area contributed by atoms with E-state index in [0.29, 0.717) is 11.4 Å². The van der Waals surface area contributed by atoms with Gasteiger partial charge in [-0.3, -0.25) is 9.67 Å². The van der Waals surface area contributed by atoms with Crippen LogP contribution in [0.15, 0.2) is 24.7 Å². The van der Waals surface area contributed by atoms with Crippen LogP contribution in [-0.2, 0) is 13.0 Å². The molecule has 2 rings (SSSR count). The number of hydrogen-bond acceptors (Lipinski definition) is 4. The average molecular weight is 266 g/mol. The van der Waals surface area contributed by atoms with E-state index in [1.165, 1.54) is 0 Å². The minimum absolute atomic E-state index is 0.0354. The minimum atomic E-state index is 0.0354. The van der Waals surface area contributed by atoms with Crippen LogP contribution in [0.5, 0.6) is 0 Å². The van der Waals surface area contributed by atoms with Gasteiger partial charge in [0.2, 0.25) is 0 Å². The van der Waals surface area contributed by atoms with Crippen molar-refractivity contribution in [3.63, 3.8) is 0 Å². The lowest BCUT2D eigenvalue weighted by Gasteiger charge is -2.16. The van der Waals surface area contributed by atoms with Gasteiger partial charge in [-0.2, -0.15) is 5.10 Å². The summed E-state index contributed by atoms with van der Waals surface area (Å²) in [5.74, 6) is 0.929. The van der Waals surface area contributed by atoms with E-state index in [9.17, 15) is 0 Å². The summed E-state index contributed by atoms with van der Waals surface area (Å²) >= 11 is 6.17. The van der Waals surface area contributed by atoms with Gasteiger partial charge in [-0.1, -0.05) is 11.6 Å². The fraction of sp³-hybridized carbons (Fsp3) is 0.417. The zero-order valence-electron chi connectivity index (χ0n) is 10.5. The molecule has 0 aliphatic rings. The van der Waals surface area contributed by atoms with Crippen molar-refractivity contribution in [1.82, 2.24) is 25.1 Å². The summed E-state index contributed by atoms with van der Waals surface area (Å²) in [6.07, 6.45) is 4.03. The Hall–Kier alpha value is -1.46. The SMILES string of the molecule is CCn1ncnc1CC(NC)c1ncccc1Cl. The summed E-state index contributed by atoms with van der Waals surface area (Å²) in [6, 6.07) is 3.71. The van der Waals surface area contributed by atoms with Gasteiger partial charge in [0.05, 0.1) is 16.8 Å². The first-order valence-corrected chi connectivity index (χ1v) is 6.28. The van der Waals surface area contributed by atoms with Gasteiger partial charge in [-0.15, -0.1) is 0 Å². The molecule has 5 nitrogen and oxygen atoms in total. The monoisotopic (exact) mass is 265 g/mol. The number of aryl methyl sites for hydroxylation is 1. The van der Waals surface area contributed by atoms with Crippen molar-refractivity contribution in [3.8, 4) is 0 Å². The molecule has 2 aromatic rings. The summed E-state index contributed by atoms with van der Waals surface area (Å²) in [4.78, 5) is 8.60. The van der Waals surface area contributed by atoms with Crippen molar-refractivity contribution in [3.05, 3.63) is 41.2 Å². The molecular weight excluding hydrogens is 250 g/mol. The maximum absolute atomic E-state index is 6.17. The van der Waals surface area contributed by atoms with E-state index in [1.54, 1.807) is 12.5 Å². The molecule has 0 aromatic carbocycles. The zero-order chi connectivity index (χ0) is 13.0. The largest absolute Gasteiger partial charge is 0.311 e. The fourth-order valence-electron chi connectivity index (χ4n) is 1.88. The van der Waals surface area contributed by atoms with Crippen LogP contribution in [0.3, 0.4) is 0 Å². The van der Waals surface area contributed by atoms with Crippen LogP contribution in [0, 0.1) is 0 Å². The first-order chi connectivity index (χ1) is 8.76. The molecule has 0 saturated heterocycles. The third kappa shape index (κ3) is 2.68. The summed E-state index contributed by atoms with van der Waals surface area (Å²) in [6.45, 7) is 2.85. The lowest BCUT2D eigenvalue weighted by molar-refractivity contribution is 0.524. The highest BCUT2D eigenvalue weighted by Gasteiger charge is 2.17. The molecule has 1 atom stereocenters. The standard InChI is InChI=1S/C12H16ClN5/c1-3-18-11(16-8-17-18)7-10(14-2)12-9(13)5-4-6-15-12/h4-6,8,10,14H,3,7H2,1-2H3. The Labute approximate surface area is 111 Å². The lowest BCUT2D eigenvalue weighted by Crippen LogP contribution is -2.22. The molecule has 0 saturated carbocycles. The molecule has 0 radical (unpaired) electrons. The maximum atomic E-state index is 6.17. The molecule has 2 aromatic heterocycles. The van der Waals surface area contributed by atoms with Gasteiger partial charge in [0, 0.05) is 19.2 Å². The Kier molecular flexibility index (Phi) is 4.28. The number of halogens is 1. The Balaban J connectivity index is 2.23. The van der Waals surface area contributed by atoms with Crippen molar-refractivity contribution in [2.24, 2.45) is 0 Å². The van der Waals surface area contributed by atoms with Gasteiger partial charge in [-0.05, 0) is 26.1 Å². The summed E-state index contributed by atoms with van der Waals surface area (Å²) in [5.41, 5.74) is 0.840. The quantitative estimate of drug-likeness (QED) is 0.896. The van der Waals surface area contributed by atoms with Gasteiger partial charge in [-0.25, -0.2) is 4.98 Å². The van der Waals surface area contributed by atoms with E-state index >= 15 is 0 Å². The van der Waals surface area contributed by atoms with Gasteiger partial charge < -0.3 is 5.32 Å². The molecule has 0 fully saturated rings. The number of aromatic nitrogens is 4. The third-order valence-corrected chi connectivity index (χ3v) is 3.17. The third-order valence-electron chi connectivity index (χ3n) is 2.85. The van der Waals surface area contributed by atoms with E-state index in [-0.39, 0.29) is 6.04 Å². The van der Waals surface area contributed by atoms with Crippen molar-refractivity contribution in [2.75, 3.05) is 7.05 Å². The number of likely N-dealkylation sites (N-methyl/N-ethyl adjacent to an activating group) is 1. The highest BCUT2D eigenvalue weighted by Crippen LogP contribution is 2.22. The molecule has 1 unspecified atom stereocenters. The lowest BCUT2D eigenvalue weighted by atomic mass is 10.1. The summed E-state index contributed by atoms with van der Waals surface area (Å²) < 4.78 is 1.88. The number of hydrogen-bond donors (Lipinski definition) is 1. The highest BCUT2D eigenvalue weighted by molar-refractivity contribution is 6.31. The van der Waals surface area contributed by atoms with Crippen LogP contribution in [0.1, 0.15) is 24.5 Å². The first-order valence-electron chi connectivity index (χ1n) is 5.90. The number of nitrogens with zero attached hydrogens (tertiary/aromatic N) is 4. The van der Waals surface area contributed by atoms with Crippen LogP contribution in [0.4, 0.5) is 0 Å². The molecule has 0 aliphatic heterocycles. The predicted octanol–water partition coefficient (Wildman–Crippen LogP) is 1.85. The molecule has 96 valence electrons. The Morgan fingerprint density at radius 3 is 2.94 bits per heavy atom. The molecule has 2 heterocycles. The van der Waals surface area contributed by atoms with Crippen molar-refractivity contribution in [2.45, 2.75) is 25.9 Å². The van der Waals surface area contributed by atoms with Crippen molar-refractivity contribution in [1.29, 1.82) is 0 Å². The Morgan fingerprint density at radius 2 is 2.28 bits per heavy atom. The second kappa shape index (κ2) is 5.93. The van der Waals surface area contributed by atoms with E-state index in [1.807, 2.05) is 30.8 Å². The molecule has 6 heteroatoms. The van der Waals surface area contributed by atoms with E-state index < -0.39 is 0 Å². The van der Waals surface area contributed by atoms with Crippen LogP contribution in [0.25, 0.3) is 0 Å². The van der Waals surface area contributed by atoms with E-state index in [0.717, 1.165) is 18.1 Å². The van der Waals surface area contributed by atoms with Crippen LogP contribution >= 0.6 is 11.6 Å². The molecule has 18 heavy (non-hydrogen) atoms. The van der Waals surface area contributed by atoms with Gasteiger partial charge >= 0.3 is 0 Å². The molecule has 0 aliphatic carbocycles. The number of pyridine rings is 1. The second-order valence-electron chi connectivity index (χ2n) is 3.91. The fourth-order valence-corrected chi connectivity index (χ4v) is 2.14. The van der Waals surface area contributed by atoms with Crippen molar-refractivity contribution < 1.29 is 0 Å². The smallest absolute Gasteiger partial charge is 0.138 e. The summed E-state index contributed by atoms with van der Waals surface area (Å²) in [7, 11) is 1.89.